The summed E-state index contributed by atoms with van der Waals surface area (Å²) in [6.07, 6.45) is 2.22. The molecular formula is C20H15Br3N2O4. The number of anilines is 1. The van der Waals surface area contributed by atoms with Crippen molar-refractivity contribution in [3.63, 3.8) is 0 Å². The standard InChI is InChI=1S/C20H15Br3N2O4/c1-2-7-29-17-11(8-13(22)10-16(17)23)9-15-18(26)24-20(28)25(19(15)27)14-5-3-12(21)4-6-14/h3-6,8-10H,2,7H2,1H3,(H,24,26,28)/b15-9+. The zero-order valence-corrected chi connectivity index (χ0v) is 19.9. The van der Waals surface area contributed by atoms with Gasteiger partial charge in [-0.25, -0.2) is 9.69 Å². The van der Waals surface area contributed by atoms with Gasteiger partial charge in [0, 0.05) is 14.5 Å². The molecule has 0 atom stereocenters. The van der Waals surface area contributed by atoms with Crippen molar-refractivity contribution >= 4 is 77.4 Å². The summed E-state index contributed by atoms with van der Waals surface area (Å²) in [5, 5.41) is 2.22. The number of carbonyl (C=O) groups is 3. The summed E-state index contributed by atoms with van der Waals surface area (Å²) >= 11 is 10.2. The summed E-state index contributed by atoms with van der Waals surface area (Å²) in [7, 11) is 0. The first kappa shape index (κ1) is 21.7. The van der Waals surface area contributed by atoms with E-state index in [2.05, 4.69) is 53.1 Å². The number of hydrogen-bond acceptors (Lipinski definition) is 4. The second-order valence-corrected chi connectivity index (χ2v) is 8.77. The average Bonchev–Trinajstić information content (AvgIpc) is 2.65. The molecule has 0 unspecified atom stereocenters. The van der Waals surface area contributed by atoms with Crippen LogP contribution in [0.2, 0.25) is 0 Å². The third kappa shape index (κ3) is 4.79. The van der Waals surface area contributed by atoms with Crippen molar-refractivity contribution < 1.29 is 19.1 Å². The predicted octanol–water partition coefficient (Wildman–Crippen LogP) is 5.43. The molecule has 0 aliphatic carbocycles. The summed E-state index contributed by atoms with van der Waals surface area (Å²) in [5.41, 5.74) is 0.717. The Labute approximate surface area is 192 Å². The molecule has 29 heavy (non-hydrogen) atoms. The monoisotopic (exact) mass is 584 g/mol. The quantitative estimate of drug-likeness (QED) is 0.375. The first-order chi connectivity index (χ1) is 13.8. The molecule has 2 aromatic carbocycles. The van der Waals surface area contributed by atoms with Crippen molar-refractivity contribution in [2.24, 2.45) is 0 Å². The van der Waals surface area contributed by atoms with E-state index in [-0.39, 0.29) is 5.57 Å². The van der Waals surface area contributed by atoms with Crippen LogP contribution in [0, 0.1) is 0 Å². The molecule has 4 amide bonds. The maximum absolute atomic E-state index is 13.0. The van der Waals surface area contributed by atoms with E-state index in [0.29, 0.717) is 28.1 Å². The van der Waals surface area contributed by atoms with Crippen molar-refractivity contribution in [3.8, 4) is 5.75 Å². The van der Waals surface area contributed by atoms with Crippen LogP contribution in [0.5, 0.6) is 5.75 Å². The minimum atomic E-state index is -0.794. The topological polar surface area (TPSA) is 75.7 Å². The van der Waals surface area contributed by atoms with Crippen molar-refractivity contribution in [1.29, 1.82) is 0 Å². The number of barbiturate groups is 1. The molecule has 0 bridgehead atoms. The van der Waals surface area contributed by atoms with Gasteiger partial charge in [0.25, 0.3) is 11.8 Å². The SMILES string of the molecule is CCCOc1c(Br)cc(Br)cc1/C=C1\C(=O)NC(=O)N(c2ccc(Br)cc2)C1=O. The van der Waals surface area contributed by atoms with Crippen molar-refractivity contribution in [2.75, 3.05) is 11.5 Å². The molecular weight excluding hydrogens is 572 g/mol. The molecule has 1 aliphatic heterocycles. The van der Waals surface area contributed by atoms with Crippen LogP contribution in [-0.2, 0) is 9.59 Å². The number of ether oxygens (including phenoxy) is 1. The molecule has 150 valence electrons. The van der Waals surface area contributed by atoms with E-state index in [4.69, 9.17) is 4.74 Å². The van der Waals surface area contributed by atoms with E-state index in [0.717, 1.165) is 20.3 Å². The van der Waals surface area contributed by atoms with Crippen molar-refractivity contribution in [1.82, 2.24) is 5.32 Å². The Morgan fingerprint density at radius 3 is 2.38 bits per heavy atom. The predicted molar refractivity (Wildman–Crippen MR) is 121 cm³/mol. The fraction of sp³-hybridized carbons (Fsp3) is 0.150. The van der Waals surface area contributed by atoms with Crippen LogP contribution in [0.1, 0.15) is 18.9 Å². The van der Waals surface area contributed by atoms with Crippen molar-refractivity contribution in [3.05, 3.63) is 61.0 Å². The van der Waals surface area contributed by atoms with Crippen LogP contribution >= 0.6 is 47.8 Å². The maximum Gasteiger partial charge on any atom is 0.335 e. The summed E-state index contributed by atoms with van der Waals surface area (Å²) < 4.78 is 8.01. The lowest BCUT2D eigenvalue weighted by atomic mass is 10.1. The van der Waals surface area contributed by atoms with Crippen LogP contribution in [0.25, 0.3) is 6.08 Å². The lowest BCUT2D eigenvalue weighted by Crippen LogP contribution is -2.54. The van der Waals surface area contributed by atoms with E-state index in [9.17, 15) is 14.4 Å². The fourth-order valence-corrected chi connectivity index (χ4v) is 4.32. The van der Waals surface area contributed by atoms with Crippen LogP contribution < -0.4 is 15.0 Å². The number of amides is 4. The largest absolute Gasteiger partial charge is 0.492 e. The third-order valence-corrected chi connectivity index (χ3v) is 5.55. The number of imide groups is 2. The number of nitrogens with one attached hydrogen (secondary N) is 1. The highest BCUT2D eigenvalue weighted by Gasteiger charge is 2.37. The zero-order chi connectivity index (χ0) is 21.1. The minimum Gasteiger partial charge on any atom is -0.492 e. The van der Waals surface area contributed by atoms with Crippen LogP contribution in [0.15, 0.2) is 55.4 Å². The normalized spacial score (nSPS) is 15.7. The molecule has 1 aliphatic rings. The van der Waals surface area contributed by atoms with Gasteiger partial charge < -0.3 is 4.74 Å². The number of urea groups is 1. The molecule has 1 saturated heterocycles. The highest BCUT2D eigenvalue weighted by molar-refractivity contribution is 9.11. The summed E-state index contributed by atoms with van der Waals surface area (Å²) in [5.74, 6) is -0.959. The molecule has 3 rings (SSSR count). The highest BCUT2D eigenvalue weighted by atomic mass is 79.9. The van der Waals surface area contributed by atoms with Gasteiger partial charge in [0.2, 0.25) is 0 Å². The Hall–Kier alpha value is -1.97. The number of carbonyl (C=O) groups excluding carboxylic acids is 3. The number of benzene rings is 2. The number of rotatable bonds is 5. The van der Waals surface area contributed by atoms with Gasteiger partial charge in [0.05, 0.1) is 16.8 Å². The van der Waals surface area contributed by atoms with E-state index >= 15 is 0 Å². The molecule has 1 N–H and O–H groups in total. The lowest BCUT2D eigenvalue weighted by Gasteiger charge is -2.26. The van der Waals surface area contributed by atoms with Gasteiger partial charge >= 0.3 is 6.03 Å². The van der Waals surface area contributed by atoms with E-state index in [1.165, 1.54) is 6.08 Å². The minimum absolute atomic E-state index is 0.168. The van der Waals surface area contributed by atoms with Crippen LogP contribution in [0.4, 0.5) is 10.5 Å². The highest BCUT2D eigenvalue weighted by Crippen LogP contribution is 2.35. The molecule has 9 heteroatoms. The summed E-state index contributed by atoms with van der Waals surface area (Å²) in [6, 6.07) is 9.39. The second-order valence-electron chi connectivity index (χ2n) is 6.09. The molecule has 1 fully saturated rings. The summed E-state index contributed by atoms with van der Waals surface area (Å²) in [6.45, 7) is 2.45. The molecule has 2 aromatic rings. The fourth-order valence-electron chi connectivity index (χ4n) is 2.68. The molecule has 0 spiro atoms. The smallest absolute Gasteiger partial charge is 0.335 e. The Morgan fingerprint density at radius 1 is 1.03 bits per heavy atom. The van der Waals surface area contributed by atoms with Gasteiger partial charge in [-0.05, 0) is 64.8 Å². The van der Waals surface area contributed by atoms with Crippen LogP contribution in [0.3, 0.4) is 0 Å². The van der Waals surface area contributed by atoms with E-state index in [1.807, 2.05) is 13.0 Å². The molecule has 0 aromatic heterocycles. The van der Waals surface area contributed by atoms with Gasteiger partial charge in [-0.2, -0.15) is 0 Å². The van der Waals surface area contributed by atoms with E-state index in [1.54, 1.807) is 30.3 Å². The molecule has 1 heterocycles. The van der Waals surface area contributed by atoms with Gasteiger partial charge in [-0.3, -0.25) is 14.9 Å². The van der Waals surface area contributed by atoms with Crippen LogP contribution in [-0.4, -0.2) is 24.5 Å². The summed E-state index contributed by atoms with van der Waals surface area (Å²) in [4.78, 5) is 38.7. The lowest BCUT2D eigenvalue weighted by molar-refractivity contribution is -0.122. The van der Waals surface area contributed by atoms with E-state index < -0.39 is 17.8 Å². The second kappa shape index (κ2) is 9.23. The van der Waals surface area contributed by atoms with Crippen molar-refractivity contribution in [2.45, 2.75) is 13.3 Å². The van der Waals surface area contributed by atoms with Gasteiger partial charge in [-0.1, -0.05) is 38.8 Å². The zero-order valence-electron chi connectivity index (χ0n) is 15.2. The first-order valence-electron chi connectivity index (χ1n) is 8.60. The first-order valence-corrected chi connectivity index (χ1v) is 11.0. The molecule has 6 nitrogen and oxygen atoms in total. The number of nitrogens with zero attached hydrogens (tertiary/aromatic N) is 1. The number of hydrogen-bond donors (Lipinski definition) is 1. The molecule has 0 radical (unpaired) electrons. The van der Waals surface area contributed by atoms with Gasteiger partial charge in [0.15, 0.2) is 0 Å². The Bertz CT molecular complexity index is 1020. The number of halogens is 3. The Morgan fingerprint density at radius 2 is 1.72 bits per heavy atom. The maximum atomic E-state index is 13.0. The molecule has 0 saturated carbocycles. The van der Waals surface area contributed by atoms with Gasteiger partial charge in [0.1, 0.15) is 11.3 Å². The van der Waals surface area contributed by atoms with Gasteiger partial charge in [-0.15, -0.1) is 0 Å². The average molecular weight is 587 g/mol. The third-order valence-electron chi connectivity index (χ3n) is 3.97. The Balaban J connectivity index is 2.06. The Kier molecular flexibility index (Phi) is 6.92.